The van der Waals surface area contributed by atoms with Gasteiger partial charge in [-0.3, -0.25) is 0 Å². The van der Waals surface area contributed by atoms with Gasteiger partial charge >= 0.3 is 0 Å². The monoisotopic (exact) mass is 592 g/mol. The van der Waals surface area contributed by atoms with Crippen LogP contribution in [0.15, 0.2) is 48.5 Å². The molecule has 9 heteroatoms. The highest BCUT2D eigenvalue weighted by molar-refractivity contribution is 7.27. The van der Waals surface area contributed by atoms with E-state index in [-0.39, 0.29) is 0 Å². The van der Waals surface area contributed by atoms with Crippen molar-refractivity contribution in [2.24, 2.45) is 0 Å². The van der Waals surface area contributed by atoms with Gasteiger partial charge in [0.2, 0.25) is 0 Å². The Balaban J connectivity index is 1.42. The number of hydrogen-bond donors (Lipinski definition) is 0. The van der Waals surface area contributed by atoms with Crippen LogP contribution in [-0.2, 0) is 0 Å². The molecule has 0 amide bonds. The summed E-state index contributed by atoms with van der Waals surface area (Å²) in [6, 6.07) is 24.4. The highest BCUT2D eigenvalue weighted by Crippen LogP contribution is 2.44. The van der Waals surface area contributed by atoms with Gasteiger partial charge in [0.1, 0.15) is 34.0 Å². The number of nitrogens with zero attached hydrogens (tertiary/aromatic N) is 4. The van der Waals surface area contributed by atoms with E-state index in [0.29, 0.717) is 20.9 Å². The van der Waals surface area contributed by atoms with Crippen LogP contribution in [0, 0.1) is 59.2 Å². The zero-order chi connectivity index (χ0) is 27.5. The molecule has 5 aromatic rings. The van der Waals surface area contributed by atoms with Gasteiger partial charge in [0.15, 0.2) is 0 Å². The van der Waals surface area contributed by atoms with E-state index in [2.05, 4.69) is 62.4 Å². The lowest BCUT2D eigenvalue weighted by molar-refractivity contribution is 1.52. The van der Waals surface area contributed by atoms with Crippen molar-refractivity contribution >= 4 is 80.0 Å². The van der Waals surface area contributed by atoms with Gasteiger partial charge < -0.3 is 0 Å². The van der Waals surface area contributed by atoms with Crippen LogP contribution in [0.25, 0.3) is 42.8 Å². The van der Waals surface area contributed by atoms with E-state index in [1.54, 1.807) is 46.1 Å². The lowest BCUT2D eigenvalue weighted by Crippen LogP contribution is -1.73. The molecule has 5 rings (SSSR count). The Hall–Kier alpha value is -4.06. The van der Waals surface area contributed by atoms with Crippen LogP contribution in [0.4, 0.5) is 0 Å². The highest BCUT2D eigenvalue weighted by atomic mass is 32.1. The van der Waals surface area contributed by atoms with Crippen molar-refractivity contribution in [1.29, 1.82) is 21.0 Å². The molecule has 0 aliphatic carbocycles. The number of thiophene rings is 5. The molecule has 0 aromatic carbocycles. The summed E-state index contributed by atoms with van der Waals surface area (Å²) in [5.41, 5.74) is 3.41. The molecule has 5 heterocycles. The first-order chi connectivity index (χ1) is 18.9. The fourth-order valence-electron chi connectivity index (χ4n) is 3.91. The van der Waals surface area contributed by atoms with Gasteiger partial charge in [0.25, 0.3) is 0 Å². The highest BCUT2D eigenvalue weighted by Gasteiger charge is 2.15. The molecular formula is C30H16N4S5. The summed E-state index contributed by atoms with van der Waals surface area (Å²) < 4.78 is 0. The van der Waals surface area contributed by atoms with E-state index in [0.717, 1.165) is 30.6 Å². The van der Waals surface area contributed by atoms with Gasteiger partial charge in [0, 0.05) is 39.0 Å². The van der Waals surface area contributed by atoms with Crippen LogP contribution in [0.1, 0.15) is 40.4 Å². The Labute approximate surface area is 246 Å². The van der Waals surface area contributed by atoms with Crippen LogP contribution < -0.4 is 0 Å². The Kier molecular flexibility index (Phi) is 7.73. The molecule has 186 valence electrons. The van der Waals surface area contributed by atoms with Gasteiger partial charge in [0.05, 0.1) is 11.1 Å². The largest absolute Gasteiger partial charge is 0.192 e. The topological polar surface area (TPSA) is 95.2 Å². The van der Waals surface area contributed by atoms with Crippen molar-refractivity contribution in [1.82, 2.24) is 0 Å². The van der Waals surface area contributed by atoms with Gasteiger partial charge in [-0.15, -0.1) is 56.7 Å². The summed E-state index contributed by atoms with van der Waals surface area (Å²) in [6.45, 7) is 4.16. The van der Waals surface area contributed by atoms with Gasteiger partial charge in [-0.05, 0) is 85.7 Å². The van der Waals surface area contributed by atoms with E-state index in [1.165, 1.54) is 42.2 Å². The standard InChI is InChI=1S/C30H16N4S5/c1-17-9-23(11-19(13-31)25-5-3-21(15-33)35-25)37-29(17)27-7-8-28(39-27)30-18(2)10-24(38-30)12-20(14-32)26-6-4-22(16-34)36-26/h3-12H,1-2H3. The Bertz CT molecular complexity index is 1800. The molecule has 0 saturated carbocycles. The predicted molar refractivity (Wildman–Crippen MR) is 165 cm³/mol. The number of allylic oxidation sites excluding steroid dienone is 2. The molecule has 0 unspecified atom stereocenters. The Morgan fingerprint density at radius 3 is 1.38 bits per heavy atom. The Morgan fingerprint density at radius 2 is 1.03 bits per heavy atom. The first-order valence-electron chi connectivity index (χ1n) is 11.5. The van der Waals surface area contributed by atoms with Crippen molar-refractivity contribution in [3.05, 3.63) is 88.9 Å². The first kappa shape index (κ1) is 26.5. The molecule has 0 fully saturated rings. The van der Waals surface area contributed by atoms with Gasteiger partial charge in [-0.2, -0.15) is 21.0 Å². The molecule has 39 heavy (non-hydrogen) atoms. The van der Waals surface area contributed by atoms with Crippen molar-refractivity contribution in [2.45, 2.75) is 13.8 Å². The number of hydrogen-bond acceptors (Lipinski definition) is 9. The van der Waals surface area contributed by atoms with E-state index in [4.69, 9.17) is 10.5 Å². The zero-order valence-electron chi connectivity index (χ0n) is 20.6. The molecule has 0 aliphatic rings. The second-order valence-electron chi connectivity index (χ2n) is 8.38. The third-order valence-electron chi connectivity index (χ3n) is 5.70. The molecule has 0 atom stereocenters. The maximum absolute atomic E-state index is 9.70. The lowest BCUT2D eigenvalue weighted by Gasteiger charge is -1.96. The summed E-state index contributed by atoms with van der Waals surface area (Å²) in [5.74, 6) is 0. The molecule has 0 bridgehead atoms. The smallest absolute Gasteiger partial charge is 0.110 e. The fourth-order valence-corrected chi connectivity index (χ4v) is 9.04. The molecule has 0 spiro atoms. The predicted octanol–water partition coefficient (Wildman–Crippen LogP) is 9.82. The van der Waals surface area contributed by atoms with Crippen molar-refractivity contribution in [2.75, 3.05) is 0 Å². The summed E-state index contributed by atoms with van der Waals surface area (Å²) in [5, 5.41) is 37.6. The van der Waals surface area contributed by atoms with Gasteiger partial charge in [-0.25, -0.2) is 0 Å². The summed E-state index contributed by atoms with van der Waals surface area (Å²) in [6.07, 6.45) is 3.79. The van der Waals surface area contributed by atoms with Crippen LogP contribution in [0.5, 0.6) is 0 Å². The van der Waals surface area contributed by atoms with Crippen molar-refractivity contribution in [3.8, 4) is 43.8 Å². The normalized spacial score (nSPS) is 11.5. The average Bonchev–Trinajstić information content (AvgIpc) is 3.76. The second-order valence-corrected chi connectivity index (χ2v) is 13.8. The minimum atomic E-state index is 0.555. The second kappa shape index (κ2) is 11.4. The number of nitriles is 4. The van der Waals surface area contributed by atoms with E-state index in [1.807, 2.05) is 24.3 Å². The number of rotatable bonds is 6. The lowest BCUT2D eigenvalue weighted by atomic mass is 10.2. The third kappa shape index (κ3) is 5.56. The molecule has 5 aromatic heterocycles. The summed E-state index contributed by atoms with van der Waals surface area (Å²) in [4.78, 5) is 9.44. The van der Waals surface area contributed by atoms with Crippen molar-refractivity contribution in [3.63, 3.8) is 0 Å². The fraction of sp³-hybridized carbons (Fsp3) is 0.0667. The van der Waals surface area contributed by atoms with Crippen LogP contribution in [0.3, 0.4) is 0 Å². The first-order valence-corrected chi connectivity index (χ1v) is 15.6. The minimum Gasteiger partial charge on any atom is -0.192 e. The van der Waals surface area contributed by atoms with Crippen LogP contribution in [-0.4, -0.2) is 0 Å². The van der Waals surface area contributed by atoms with Gasteiger partial charge in [-0.1, -0.05) is 0 Å². The minimum absolute atomic E-state index is 0.555. The third-order valence-corrected chi connectivity index (χ3v) is 11.6. The molecular weight excluding hydrogens is 577 g/mol. The molecule has 0 aliphatic heterocycles. The van der Waals surface area contributed by atoms with E-state index >= 15 is 0 Å². The van der Waals surface area contributed by atoms with E-state index in [9.17, 15) is 10.5 Å². The molecule has 0 N–H and O–H groups in total. The van der Waals surface area contributed by atoms with E-state index < -0.39 is 0 Å². The van der Waals surface area contributed by atoms with Crippen LogP contribution in [0.2, 0.25) is 0 Å². The zero-order valence-corrected chi connectivity index (χ0v) is 24.7. The molecule has 4 nitrogen and oxygen atoms in total. The van der Waals surface area contributed by atoms with Crippen molar-refractivity contribution < 1.29 is 0 Å². The maximum Gasteiger partial charge on any atom is 0.110 e. The quantitative estimate of drug-likeness (QED) is 0.183. The average molecular weight is 593 g/mol. The molecule has 0 saturated heterocycles. The Morgan fingerprint density at radius 1 is 0.590 bits per heavy atom. The summed E-state index contributed by atoms with van der Waals surface area (Å²) in [7, 11) is 0. The van der Waals surface area contributed by atoms with Crippen LogP contribution >= 0.6 is 56.7 Å². The molecule has 0 radical (unpaired) electrons. The number of aryl methyl sites for hydroxylation is 2. The maximum atomic E-state index is 9.70. The SMILES string of the molecule is Cc1cc(C=C(C#N)c2ccc(C#N)s2)sc1-c1ccc(-c2sc(C=C(C#N)c3ccc(C#N)s3)cc2C)s1. The summed E-state index contributed by atoms with van der Waals surface area (Å²) >= 11 is 7.68.